The number of fused-ring (bicyclic) bond motifs is 1. The second-order valence-electron chi connectivity index (χ2n) is 6.48. The summed E-state index contributed by atoms with van der Waals surface area (Å²) in [6, 6.07) is 4.89. The molecule has 9 nitrogen and oxygen atoms in total. The highest BCUT2D eigenvalue weighted by molar-refractivity contribution is 5.88. The first-order valence-corrected chi connectivity index (χ1v) is 8.43. The number of hydrogen-bond acceptors (Lipinski definition) is 5. The summed E-state index contributed by atoms with van der Waals surface area (Å²) in [5.74, 6) is -0.393. The largest absolute Gasteiger partial charge is 0.375 e. The summed E-state index contributed by atoms with van der Waals surface area (Å²) in [6.45, 7) is 1.97. The number of rotatable bonds is 5. The van der Waals surface area contributed by atoms with Gasteiger partial charge in [-0.1, -0.05) is 6.07 Å². The van der Waals surface area contributed by atoms with Crippen molar-refractivity contribution in [2.45, 2.75) is 12.6 Å². The van der Waals surface area contributed by atoms with Crippen LogP contribution in [0.25, 0.3) is 11.0 Å². The van der Waals surface area contributed by atoms with Crippen molar-refractivity contribution in [3.05, 3.63) is 34.2 Å². The van der Waals surface area contributed by atoms with Gasteiger partial charge in [0.25, 0.3) is 0 Å². The van der Waals surface area contributed by atoms with E-state index in [0.29, 0.717) is 25.2 Å². The van der Waals surface area contributed by atoms with Gasteiger partial charge in [-0.15, -0.1) is 0 Å². The topological polar surface area (TPSA) is 111 Å². The maximum absolute atomic E-state index is 12.7. The normalized spacial score (nSPS) is 18.2. The maximum Gasteiger partial charge on any atom is 0.323 e. The number of hydrogen-bond donors (Lipinski definition) is 3. The number of aromatic amines is 2. The number of methoxy groups -OCH3 is 1. The quantitative estimate of drug-likeness (QED) is 0.650. The molecule has 2 aromatic rings. The average molecular weight is 361 g/mol. The van der Waals surface area contributed by atoms with Gasteiger partial charge in [-0.05, 0) is 24.7 Å². The SMILES string of the molecule is COCC(=O)N1CCN(C)CC1C(=O)NCc1ccc2[nH]c(=O)[nH]c2c1. The van der Waals surface area contributed by atoms with E-state index in [-0.39, 0.29) is 24.1 Å². The summed E-state index contributed by atoms with van der Waals surface area (Å²) in [6.07, 6.45) is 0. The van der Waals surface area contributed by atoms with Crippen LogP contribution >= 0.6 is 0 Å². The summed E-state index contributed by atoms with van der Waals surface area (Å²) in [5, 5.41) is 2.89. The number of carbonyl (C=O) groups is 2. The number of nitrogens with zero attached hydrogens (tertiary/aromatic N) is 2. The Kier molecular flexibility index (Phi) is 5.38. The molecule has 3 N–H and O–H groups in total. The molecule has 1 saturated heterocycles. The first-order chi connectivity index (χ1) is 12.5. The molecule has 2 amide bonds. The van der Waals surface area contributed by atoms with Gasteiger partial charge >= 0.3 is 5.69 Å². The molecular formula is C17H23N5O4. The molecule has 0 spiro atoms. The molecule has 1 aromatic heterocycles. The lowest BCUT2D eigenvalue weighted by Crippen LogP contribution is -2.60. The number of ether oxygens (including phenoxy) is 1. The zero-order chi connectivity index (χ0) is 18.7. The molecule has 0 radical (unpaired) electrons. The third kappa shape index (κ3) is 3.94. The molecule has 1 unspecified atom stereocenters. The van der Waals surface area contributed by atoms with Gasteiger partial charge in [-0.25, -0.2) is 4.79 Å². The van der Waals surface area contributed by atoms with E-state index in [1.807, 2.05) is 24.1 Å². The van der Waals surface area contributed by atoms with Crippen molar-refractivity contribution in [3.8, 4) is 0 Å². The van der Waals surface area contributed by atoms with Gasteiger partial charge in [0, 0.05) is 33.3 Å². The highest BCUT2D eigenvalue weighted by atomic mass is 16.5. The standard InChI is InChI=1S/C17H23N5O4/c1-21-5-6-22(15(23)10-26-2)14(9-21)16(24)18-8-11-3-4-12-13(7-11)20-17(25)19-12/h3-4,7,14H,5-6,8-10H2,1-2H3,(H,18,24)(H2,19,20,25). The molecule has 140 valence electrons. The minimum absolute atomic E-state index is 0.0367. The fraction of sp³-hybridized carbons (Fsp3) is 0.471. The molecule has 0 aliphatic carbocycles. The summed E-state index contributed by atoms with van der Waals surface area (Å²) >= 11 is 0. The molecule has 0 saturated carbocycles. The first-order valence-electron chi connectivity index (χ1n) is 8.43. The van der Waals surface area contributed by atoms with E-state index < -0.39 is 6.04 Å². The average Bonchev–Trinajstić information content (AvgIpc) is 2.99. The minimum atomic E-state index is -0.549. The van der Waals surface area contributed by atoms with Gasteiger partial charge in [0.15, 0.2) is 0 Å². The van der Waals surface area contributed by atoms with Crippen LogP contribution in [0.4, 0.5) is 0 Å². The Morgan fingerprint density at radius 1 is 1.27 bits per heavy atom. The molecule has 2 heterocycles. The number of H-pyrrole nitrogens is 2. The third-order valence-electron chi connectivity index (χ3n) is 4.52. The Balaban J connectivity index is 1.67. The van der Waals surface area contributed by atoms with Gasteiger partial charge in [-0.3, -0.25) is 9.59 Å². The zero-order valence-electron chi connectivity index (χ0n) is 14.9. The number of benzene rings is 1. The van der Waals surface area contributed by atoms with Crippen molar-refractivity contribution in [3.63, 3.8) is 0 Å². The van der Waals surface area contributed by atoms with E-state index in [0.717, 1.165) is 17.6 Å². The number of aromatic nitrogens is 2. The molecule has 1 aliphatic heterocycles. The van der Waals surface area contributed by atoms with E-state index in [9.17, 15) is 14.4 Å². The number of amides is 2. The predicted octanol–water partition coefficient (Wildman–Crippen LogP) is -0.739. The fourth-order valence-corrected chi connectivity index (χ4v) is 3.15. The molecule has 1 aromatic carbocycles. The molecule has 1 aliphatic rings. The van der Waals surface area contributed by atoms with Gasteiger partial charge in [0.2, 0.25) is 11.8 Å². The number of imidazole rings is 1. The monoisotopic (exact) mass is 361 g/mol. The second-order valence-corrected chi connectivity index (χ2v) is 6.48. The van der Waals surface area contributed by atoms with Crippen LogP contribution in [0, 0.1) is 0 Å². The van der Waals surface area contributed by atoms with Crippen molar-refractivity contribution >= 4 is 22.8 Å². The van der Waals surface area contributed by atoms with Gasteiger partial charge in [0.05, 0.1) is 11.0 Å². The highest BCUT2D eigenvalue weighted by Crippen LogP contribution is 2.12. The molecular weight excluding hydrogens is 338 g/mol. The fourth-order valence-electron chi connectivity index (χ4n) is 3.15. The van der Waals surface area contributed by atoms with Crippen molar-refractivity contribution in [1.29, 1.82) is 0 Å². The molecule has 26 heavy (non-hydrogen) atoms. The number of carbonyl (C=O) groups excluding carboxylic acids is 2. The smallest absolute Gasteiger partial charge is 0.323 e. The van der Waals surface area contributed by atoms with E-state index in [1.54, 1.807) is 11.0 Å². The lowest BCUT2D eigenvalue weighted by atomic mass is 10.1. The van der Waals surface area contributed by atoms with E-state index in [4.69, 9.17) is 4.74 Å². The Morgan fingerprint density at radius 3 is 2.81 bits per heavy atom. The van der Waals surface area contributed by atoms with Crippen LogP contribution in [0.1, 0.15) is 5.56 Å². The van der Waals surface area contributed by atoms with Crippen LogP contribution in [0.5, 0.6) is 0 Å². The molecule has 9 heteroatoms. The number of nitrogens with one attached hydrogen (secondary N) is 3. The minimum Gasteiger partial charge on any atom is -0.375 e. The second kappa shape index (κ2) is 7.71. The van der Waals surface area contributed by atoms with Crippen LogP contribution in [0.2, 0.25) is 0 Å². The van der Waals surface area contributed by atoms with E-state index in [2.05, 4.69) is 15.3 Å². The Hall–Kier alpha value is -2.65. The van der Waals surface area contributed by atoms with Crippen LogP contribution in [-0.2, 0) is 20.9 Å². The molecule has 1 atom stereocenters. The zero-order valence-corrected chi connectivity index (χ0v) is 14.9. The van der Waals surface area contributed by atoms with E-state index >= 15 is 0 Å². The van der Waals surface area contributed by atoms with Gasteiger partial charge < -0.3 is 29.8 Å². The first kappa shape index (κ1) is 18.2. The van der Waals surface area contributed by atoms with Crippen molar-refractivity contribution in [2.24, 2.45) is 0 Å². The summed E-state index contributed by atoms with van der Waals surface area (Å²) < 4.78 is 4.92. The Labute approximate surface area is 150 Å². The summed E-state index contributed by atoms with van der Waals surface area (Å²) in [4.78, 5) is 45.2. The molecule has 0 bridgehead atoms. The van der Waals surface area contributed by atoms with Crippen molar-refractivity contribution in [1.82, 2.24) is 25.1 Å². The van der Waals surface area contributed by atoms with Gasteiger partial charge in [-0.2, -0.15) is 0 Å². The van der Waals surface area contributed by atoms with Crippen LogP contribution < -0.4 is 11.0 Å². The van der Waals surface area contributed by atoms with Crippen LogP contribution in [-0.4, -0.2) is 78.0 Å². The summed E-state index contributed by atoms with van der Waals surface area (Å²) in [7, 11) is 3.39. The third-order valence-corrected chi connectivity index (χ3v) is 4.52. The summed E-state index contributed by atoms with van der Waals surface area (Å²) in [5.41, 5.74) is 2.00. The van der Waals surface area contributed by atoms with Crippen molar-refractivity contribution < 1.29 is 14.3 Å². The van der Waals surface area contributed by atoms with E-state index in [1.165, 1.54) is 7.11 Å². The predicted molar refractivity (Wildman–Crippen MR) is 95.6 cm³/mol. The lowest BCUT2D eigenvalue weighted by Gasteiger charge is -2.39. The number of piperazine rings is 1. The lowest BCUT2D eigenvalue weighted by molar-refractivity contribution is -0.146. The Bertz CT molecular complexity index is 858. The Morgan fingerprint density at radius 2 is 2.04 bits per heavy atom. The molecule has 1 fully saturated rings. The van der Waals surface area contributed by atoms with Crippen molar-refractivity contribution in [2.75, 3.05) is 40.4 Å². The highest BCUT2D eigenvalue weighted by Gasteiger charge is 2.33. The maximum atomic E-state index is 12.7. The van der Waals surface area contributed by atoms with Crippen LogP contribution in [0.15, 0.2) is 23.0 Å². The number of likely N-dealkylation sites (N-methyl/N-ethyl adjacent to an activating group) is 1. The molecule has 3 rings (SSSR count). The van der Waals surface area contributed by atoms with Gasteiger partial charge in [0.1, 0.15) is 12.6 Å². The van der Waals surface area contributed by atoms with Crippen LogP contribution in [0.3, 0.4) is 0 Å².